The highest BCUT2D eigenvalue weighted by molar-refractivity contribution is 6.36. The lowest BCUT2D eigenvalue weighted by atomic mass is 11.1. The van der Waals surface area contributed by atoms with Crippen molar-refractivity contribution in [1.29, 1.82) is 0 Å². The first-order valence-corrected chi connectivity index (χ1v) is 5.02. The summed E-state index contributed by atoms with van der Waals surface area (Å²) < 4.78 is 15.0. The van der Waals surface area contributed by atoms with Crippen molar-refractivity contribution in [1.82, 2.24) is 0 Å². The molecule has 0 atom stereocenters. The number of methoxy groups -OCH3 is 3. The van der Waals surface area contributed by atoms with E-state index < -0.39 is 15.1 Å². The van der Waals surface area contributed by atoms with E-state index >= 15 is 0 Å². The van der Waals surface area contributed by atoms with Crippen LogP contribution in [0.25, 0.3) is 0 Å². The molecule has 4 heteroatoms. The fourth-order valence-electron chi connectivity index (χ4n) is 0.683. The molecule has 0 saturated carbocycles. The molecule has 0 unspecified atom stereocenters. The minimum atomic E-state index is -0.694. The molecule has 0 aromatic carbocycles. The minimum Gasteiger partial charge on any atom is -0.335 e. The first-order valence-electron chi connectivity index (χ1n) is 2.90. The Morgan fingerprint density at radius 1 is 1.00 bits per heavy atom. The summed E-state index contributed by atoms with van der Waals surface area (Å²) in [6, 6.07) is 0. The molecule has 0 N–H and O–H groups in total. The molecule has 0 aliphatic rings. The van der Waals surface area contributed by atoms with E-state index in [9.17, 15) is 0 Å². The molecule has 0 aliphatic carbocycles. The Kier molecular flexibility index (Phi) is 4.04. The first kappa shape index (κ1) is 9.10. The SMILES string of the molecule is COC(OC)(OC)[SiH2]C. The molecule has 0 saturated heterocycles. The smallest absolute Gasteiger partial charge is 0.248 e. The van der Waals surface area contributed by atoms with E-state index in [0.29, 0.717) is 0 Å². The Hall–Kier alpha value is 0.0969. The van der Waals surface area contributed by atoms with E-state index in [-0.39, 0.29) is 0 Å². The number of hydrogen-bond acceptors (Lipinski definition) is 3. The van der Waals surface area contributed by atoms with Crippen LogP contribution in [0.4, 0.5) is 0 Å². The molecule has 0 fully saturated rings. The van der Waals surface area contributed by atoms with Gasteiger partial charge in [0.1, 0.15) is 9.52 Å². The highest BCUT2D eigenvalue weighted by Gasteiger charge is 2.25. The number of ether oxygens (including phenoxy) is 3. The van der Waals surface area contributed by atoms with Crippen molar-refractivity contribution in [2.75, 3.05) is 21.3 Å². The summed E-state index contributed by atoms with van der Waals surface area (Å²) in [5, 5.41) is 0. The Morgan fingerprint density at radius 3 is 1.33 bits per heavy atom. The predicted molar refractivity (Wildman–Crippen MR) is 38.2 cm³/mol. The summed E-state index contributed by atoms with van der Waals surface area (Å²) in [7, 11) is 4.31. The summed E-state index contributed by atoms with van der Waals surface area (Å²) in [5.74, 6) is 0. The normalized spacial score (nSPS) is 13.3. The summed E-state index contributed by atoms with van der Waals surface area (Å²) in [4.78, 5) is 0. The molecule has 0 heterocycles. The lowest BCUT2D eigenvalue weighted by Crippen LogP contribution is -2.40. The molecule has 0 rings (SSSR count). The minimum absolute atomic E-state index is 0.446. The zero-order valence-corrected chi connectivity index (χ0v) is 7.85. The van der Waals surface area contributed by atoms with E-state index in [1.807, 2.05) is 0 Å². The highest BCUT2D eigenvalue weighted by Crippen LogP contribution is 2.08. The number of hydrogen-bond donors (Lipinski definition) is 0. The van der Waals surface area contributed by atoms with Crippen molar-refractivity contribution in [3.8, 4) is 0 Å². The van der Waals surface area contributed by atoms with Crippen molar-refractivity contribution < 1.29 is 14.2 Å². The van der Waals surface area contributed by atoms with Crippen LogP contribution in [0.2, 0.25) is 6.55 Å². The van der Waals surface area contributed by atoms with Gasteiger partial charge in [-0.25, -0.2) is 0 Å². The second kappa shape index (κ2) is 4.00. The molecule has 56 valence electrons. The largest absolute Gasteiger partial charge is 0.335 e. The second-order valence-corrected chi connectivity index (χ2v) is 3.22. The van der Waals surface area contributed by atoms with Crippen LogP contribution in [-0.4, -0.2) is 36.4 Å². The van der Waals surface area contributed by atoms with Gasteiger partial charge >= 0.3 is 0 Å². The summed E-state index contributed by atoms with van der Waals surface area (Å²) >= 11 is 0. The van der Waals surface area contributed by atoms with Gasteiger partial charge in [0, 0.05) is 21.3 Å². The molecule has 0 amide bonds. The molecule has 0 aromatic heterocycles. The molecule has 0 aliphatic heterocycles. The Balaban J connectivity index is 3.82. The molecular formula is C5H14O3Si. The third kappa shape index (κ3) is 2.06. The molecule has 0 spiro atoms. The van der Waals surface area contributed by atoms with Crippen molar-refractivity contribution in [2.24, 2.45) is 0 Å². The third-order valence-electron chi connectivity index (χ3n) is 1.37. The van der Waals surface area contributed by atoms with Crippen LogP contribution in [0.5, 0.6) is 0 Å². The summed E-state index contributed by atoms with van der Waals surface area (Å²) in [6.07, 6.45) is 0. The topological polar surface area (TPSA) is 27.7 Å². The lowest BCUT2D eigenvalue weighted by Gasteiger charge is -2.27. The van der Waals surface area contributed by atoms with Crippen LogP contribution in [0.3, 0.4) is 0 Å². The van der Waals surface area contributed by atoms with Crippen LogP contribution in [0.15, 0.2) is 0 Å². The Labute approximate surface area is 58.1 Å². The Bertz CT molecular complexity index is 55.1. The van der Waals surface area contributed by atoms with Crippen molar-refractivity contribution in [3.05, 3.63) is 0 Å². The number of rotatable bonds is 4. The quantitative estimate of drug-likeness (QED) is 0.409. The lowest BCUT2D eigenvalue weighted by molar-refractivity contribution is -0.294. The predicted octanol–water partition coefficient (Wildman–Crippen LogP) is -0.246. The fraction of sp³-hybridized carbons (Fsp3) is 1.00. The van der Waals surface area contributed by atoms with Crippen molar-refractivity contribution in [2.45, 2.75) is 12.1 Å². The molecular weight excluding hydrogens is 136 g/mol. The fourth-order valence-corrected chi connectivity index (χ4v) is 1.55. The van der Waals surface area contributed by atoms with Crippen LogP contribution in [0, 0.1) is 0 Å². The maximum Gasteiger partial charge on any atom is 0.248 e. The van der Waals surface area contributed by atoms with Gasteiger partial charge in [0.25, 0.3) is 0 Å². The van der Waals surface area contributed by atoms with E-state index in [1.165, 1.54) is 0 Å². The van der Waals surface area contributed by atoms with E-state index in [1.54, 1.807) is 21.3 Å². The van der Waals surface area contributed by atoms with Crippen LogP contribution < -0.4 is 0 Å². The van der Waals surface area contributed by atoms with Gasteiger partial charge in [-0.05, 0) is 0 Å². The maximum absolute atomic E-state index is 5.00. The monoisotopic (exact) mass is 150 g/mol. The van der Waals surface area contributed by atoms with Gasteiger partial charge in [-0.1, -0.05) is 6.55 Å². The van der Waals surface area contributed by atoms with Crippen molar-refractivity contribution >= 4 is 9.52 Å². The zero-order chi connectivity index (χ0) is 7.33. The van der Waals surface area contributed by atoms with Gasteiger partial charge < -0.3 is 14.2 Å². The standard InChI is InChI=1S/C5H14O3Si/c1-6-5(7-2,8-3)9-4/h9H2,1-4H3. The van der Waals surface area contributed by atoms with E-state index in [0.717, 1.165) is 0 Å². The Morgan fingerprint density at radius 2 is 1.33 bits per heavy atom. The third-order valence-corrected chi connectivity index (χ3v) is 3.10. The van der Waals surface area contributed by atoms with Gasteiger partial charge in [-0.15, -0.1) is 0 Å². The van der Waals surface area contributed by atoms with Gasteiger partial charge in [0.2, 0.25) is 5.60 Å². The first-order chi connectivity index (χ1) is 4.24. The van der Waals surface area contributed by atoms with Crippen molar-refractivity contribution in [3.63, 3.8) is 0 Å². The zero-order valence-electron chi connectivity index (χ0n) is 6.43. The van der Waals surface area contributed by atoms with Gasteiger partial charge in [0.15, 0.2) is 0 Å². The molecule has 0 radical (unpaired) electrons. The van der Waals surface area contributed by atoms with E-state index in [4.69, 9.17) is 14.2 Å². The average molecular weight is 150 g/mol. The van der Waals surface area contributed by atoms with Gasteiger partial charge in [0.05, 0.1) is 0 Å². The maximum atomic E-state index is 5.00. The van der Waals surface area contributed by atoms with Crippen LogP contribution >= 0.6 is 0 Å². The molecule has 0 bridgehead atoms. The van der Waals surface area contributed by atoms with Crippen LogP contribution in [-0.2, 0) is 14.2 Å². The van der Waals surface area contributed by atoms with Gasteiger partial charge in [-0.2, -0.15) is 0 Å². The highest BCUT2D eigenvalue weighted by atomic mass is 28.2. The average Bonchev–Trinajstić information content (AvgIpc) is 1.95. The van der Waals surface area contributed by atoms with E-state index in [2.05, 4.69) is 6.55 Å². The molecule has 9 heavy (non-hydrogen) atoms. The molecule has 3 nitrogen and oxygen atoms in total. The van der Waals surface area contributed by atoms with Crippen LogP contribution in [0.1, 0.15) is 0 Å². The second-order valence-electron chi connectivity index (χ2n) is 1.65. The van der Waals surface area contributed by atoms with Gasteiger partial charge in [-0.3, -0.25) is 0 Å². The molecule has 0 aromatic rings. The summed E-state index contributed by atoms with van der Waals surface area (Å²) in [5.41, 5.74) is -0.694. The summed E-state index contributed by atoms with van der Waals surface area (Å²) in [6.45, 7) is 2.07.